The molecule has 25 heavy (non-hydrogen) atoms. The minimum absolute atomic E-state index is 0.0595. The maximum absolute atomic E-state index is 12.3. The number of ether oxygens (including phenoxy) is 1. The molecular weight excluding hydrogens is 318 g/mol. The fourth-order valence-corrected chi connectivity index (χ4v) is 3.15. The van der Waals surface area contributed by atoms with E-state index in [0.717, 1.165) is 25.9 Å². The summed E-state index contributed by atoms with van der Waals surface area (Å²) in [6.07, 6.45) is 1.76. The lowest BCUT2D eigenvalue weighted by Crippen LogP contribution is -2.42. The van der Waals surface area contributed by atoms with Gasteiger partial charge in [-0.3, -0.25) is 4.79 Å². The Balaban J connectivity index is 1.75. The highest BCUT2D eigenvalue weighted by Gasteiger charge is 2.22. The van der Waals surface area contributed by atoms with Crippen molar-refractivity contribution in [2.45, 2.75) is 25.9 Å². The van der Waals surface area contributed by atoms with Crippen molar-refractivity contribution in [3.8, 4) is 11.8 Å². The van der Waals surface area contributed by atoms with Crippen LogP contribution in [0.3, 0.4) is 0 Å². The zero-order valence-electron chi connectivity index (χ0n) is 15.0. The summed E-state index contributed by atoms with van der Waals surface area (Å²) >= 11 is 0. The van der Waals surface area contributed by atoms with Gasteiger partial charge in [-0.25, -0.2) is 0 Å². The Morgan fingerprint density at radius 3 is 2.76 bits per heavy atom. The first kappa shape index (κ1) is 19.2. The number of piperidine rings is 1. The number of carbonyl (C=O) groups excluding carboxylic acids is 1. The highest BCUT2D eigenvalue weighted by molar-refractivity contribution is 5.77. The lowest BCUT2D eigenvalue weighted by Gasteiger charge is -2.34. The molecule has 0 saturated carbocycles. The molecule has 2 rings (SSSR count). The Kier molecular flexibility index (Phi) is 7.23. The van der Waals surface area contributed by atoms with Gasteiger partial charge < -0.3 is 19.6 Å². The summed E-state index contributed by atoms with van der Waals surface area (Å²) in [5.74, 6) is 0.836. The number of rotatable bonds is 7. The molecule has 1 aromatic rings. The quantitative estimate of drug-likeness (QED) is 0.810. The Hall–Kier alpha value is -2.10. The van der Waals surface area contributed by atoms with E-state index in [9.17, 15) is 9.90 Å². The van der Waals surface area contributed by atoms with Gasteiger partial charge >= 0.3 is 0 Å². The van der Waals surface area contributed by atoms with E-state index in [1.807, 2.05) is 6.92 Å². The lowest BCUT2D eigenvalue weighted by atomic mass is 9.96. The number of carbonyl (C=O) groups is 1. The predicted molar refractivity (Wildman–Crippen MR) is 95.1 cm³/mol. The van der Waals surface area contributed by atoms with Crippen LogP contribution in [-0.2, 0) is 4.79 Å². The molecule has 0 radical (unpaired) electrons. The number of β-amino-alcohol motifs (C(OH)–C–C–N with tert-alkyl or cyclic N) is 1. The van der Waals surface area contributed by atoms with Crippen molar-refractivity contribution in [2.24, 2.45) is 5.92 Å². The molecule has 136 valence electrons. The van der Waals surface area contributed by atoms with Gasteiger partial charge in [0.05, 0.1) is 11.7 Å². The molecule has 0 spiro atoms. The van der Waals surface area contributed by atoms with Gasteiger partial charge in [-0.1, -0.05) is 12.1 Å². The normalized spacial score (nSPS) is 16.9. The van der Waals surface area contributed by atoms with Crippen LogP contribution < -0.4 is 4.74 Å². The summed E-state index contributed by atoms with van der Waals surface area (Å²) in [4.78, 5) is 16.3. The summed E-state index contributed by atoms with van der Waals surface area (Å²) < 4.78 is 5.51. The van der Waals surface area contributed by atoms with Crippen molar-refractivity contribution in [1.29, 1.82) is 5.26 Å². The van der Waals surface area contributed by atoms with Crippen LogP contribution in [0.15, 0.2) is 24.3 Å². The number of benzene rings is 1. The van der Waals surface area contributed by atoms with Crippen molar-refractivity contribution in [1.82, 2.24) is 9.80 Å². The third kappa shape index (κ3) is 6.04. The maximum Gasteiger partial charge on any atom is 0.260 e. The van der Waals surface area contributed by atoms with E-state index >= 15 is 0 Å². The van der Waals surface area contributed by atoms with Crippen LogP contribution in [0.1, 0.15) is 25.3 Å². The number of likely N-dealkylation sites (tertiary alicyclic amines) is 1. The zero-order valence-corrected chi connectivity index (χ0v) is 15.0. The first-order valence-corrected chi connectivity index (χ1v) is 8.76. The summed E-state index contributed by atoms with van der Waals surface area (Å²) in [7, 11) is 1.80. The summed E-state index contributed by atoms with van der Waals surface area (Å²) in [6.45, 7) is 5.10. The fourth-order valence-electron chi connectivity index (χ4n) is 3.15. The smallest absolute Gasteiger partial charge is 0.260 e. The molecule has 1 aromatic carbocycles. The Bertz CT molecular complexity index is 604. The van der Waals surface area contributed by atoms with E-state index in [0.29, 0.717) is 30.3 Å². The molecule has 1 fully saturated rings. The van der Waals surface area contributed by atoms with Crippen molar-refractivity contribution in [3.63, 3.8) is 0 Å². The molecule has 6 nitrogen and oxygen atoms in total. The SMILES string of the molecule is C[C@H](O)CN1CCC(CN(C)C(=O)COc2ccccc2C#N)CC1. The minimum atomic E-state index is -0.297. The minimum Gasteiger partial charge on any atom is -0.482 e. The van der Waals surface area contributed by atoms with Gasteiger partial charge in [-0.2, -0.15) is 5.26 Å². The average Bonchev–Trinajstić information content (AvgIpc) is 2.61. The van der Waals surface area contributed by atoms with Gasteiger partial charge in [0.15, 0.2) is 6.61 Å². The standard InChI is InChI=1S/C19H27N3O3/c1-15(23)12-22-9-7-16(8-10-22)13-21(2)19(24)14-25-18-6-4-3-5-17(18)11-20/h3-6,15-16,23H,7-10,12-14H2,1-2H3/t15-/m0/s1. The number of hydrogen-bond donors (Lipinski definition) is 1. The molecule has 0 bridgehead atoms. The largest absolute Gasteiger partial charge is 0.482 e. The first-order valence-electron chi connectivity index (χ1n) is 8.76. The third-order valence-electron chi connectivity index (χ3n) is 4.55. The number of aliphatic hydroxyl groups excluding tert-OH is 1. The monoisotopic (exact) mass is 345 g/mol. The van der Waals surface area contributed by atoms with E-state index in [4.69, 9.17) is 10.00 Å². The van der Waals surface area contributed by atoms with Gasteiger partial charge in [-0.15, -0.1) is 0 Å². The number of aliphatic hydroxyl groups is 1. The third-order valence-corrected chi connectivity index (χ3v) is 4.55. The van der Waals surface area contributed by atoms with E-state index in [-0.39, 0.29) is 18.6 Å². The molecule has 1 atom stereocenters. The highest BCUT2D eigenvalue weighted by Crippen LogP contribution is 2.19. The number of amides is 1. The number of likely N-dealkylation sites (N-methyl/N-ethyl adjacent to an activating group) is 1. The molecule has 1 amide bonds. The predicted octanol–water partition coefficient (Wildman–Crippen LogP) is 1.49. The lowest BCUT2D eigenvalue weighted by molar-refractivity contribution is -0.132. The first-order chi connectivity index (χ1) is 12.0. The summed E-state index contributed by atoms with van der Waals surface area (Å²) in [5, 5.41) is 18.5. The Labute approximate surface area is 149 Å². The molecule has 1 N–H and O–H groups in total. The van der Waals surface area contributed by atoms with Crippen molar-refractivity contribution >= 4 is 5.91 Å². The molecule has 1 aliphatic rings. The number of nitrogens with zero attached hydrogens (tertiary/aromatic N) is 3. The second-order valence-corrected chi connectivity index (χ2v) is 6.76. The van der Waals surface area contributed by atoms with Crippen molar-refractivity contribution in [3.05, 3.63) is 29.8 Å². The van der Waals surface area contributed by atoms with Gasteiger partial charge in [0.2, 0.25) is 0 Å². The summed E-state index contributed by atoms with van der Waals surface area (Å²) in [6, 6.07) is 8.98. The second kappa shape index (κ2) is 9.40. The molecule has 0 aliphatic carbocycles. The average molecular weight is 345 g/mol. The van der Waals surface area contributed by atoms with Crippen molar-refractivity contribution < 1.29 is 14.6 Å². The van der Waals surface area contributed by atoms with Crippen LogP contribution >= 0.6 is 0 Å². The molecule has 1 heterocycles. The topological polar surface area (TPSA) is 76.8 Å². The van der Waals surface area contributed by atoms with Gasteiger partial charge in [0.25, 0.3) is 5.91 Å². The molecule has 0 aromatic heterocycles. The Morgan fingerprint density at radius 2 is 2.12 bits per heavy atom. The highest BCUT2D eigenvalue weighted by atomic mass is 16.5. The fraction of sp³-hybridized carbons (Fsp3) is 0.579. The van der Waals surface area contributed by atoms with Crippen LogP contribution in [0.4, 0.5) is 0 Å². The van der Waals surface area contributed by atoms with Crippen LogP contribution in [0.25, 0.3) is 0 Å². The van der Waals surface area contributed by atoms with Crippen LogP contribution in [0.5, 0.6) is 5.75 Å². The Morgan fingerprint density at radius 1 is 1.44 bits per heavy atom. The van der Waals surface area contributed by atoms with Gasteiger partial charge in [0, 0.05) is 20.1 Å². The molecular formula is C19H27N3O3. The van der Waals surface area contributed by atoms with E-state index < -0.39 is 0 Å². The number of hydrogen-bond acceptors (Lipinski definition) is 5. The maximum atomic E-state index is 12.3. The molecule has 1 saturated heterocycles. The van der Waals surface area contributed by atoms with E-state index in [1.165, 1.54) is 0 Å². The van der Waals surface area contributed by atoms with Crippen LogP contribution in [0.2, 0.25) is 0 Å². The zero-order chi connectivity index (χ0) is 18.2. The van der Waals surface area contributed by atoms with Crippen molar-refractivity contribution in [2.75, 3.05) is 39.8 Å². The number of para-hydroxylation sites is 1. The number of nitriles is 1. The van der Waals surface area contributed by atoms with Crippen LogP contribution in [-0.4, -0.2) is 66.8 Å². The second-order valence-electron chi connectivity index (χ2n) is 6.76. The molecule has 6 heteroatoms. The summed E-state index contributed by atoms with van der Waals surface area (Å²) in [5.41, 5.74) is 0.434. The molecule has 1 aliphatic heterocycles. The van der Waals surface area contributed by atoms with Gasteiger partial charge in [0.1, 0.15) is 11.8 Å². The van der Waals surface area contributed by atoms with Gasteiger partial charge in [-0.05, 0) is 50.9 Å². The van der Waals surface area contributed by atoms with E-state index in [2.05, 4.69) is 11.0 Å². The van der Waals surface area contributed by atoms with E-state index in [1.54, 1.807) is 36.2 Å². The molecule has 0 unspecified atom stereocenters. The van der Waals surface area contributed by atoms with Crippen LogP contribution in [0, 0.1) is 17.2 Å².